The molecule has 1 fully saturated rings. The van der Waals surface area contributed by atoms with Crippen LogP contribution in [0.1, 0.15) is 6.42 Å². The summed E-state index contributed by atoms with van der Waals surface area (Å²) >= 11 is 0. The molecular formula is C9H10O5. The second kappa shape index (κ2) is 2.81. The molecule has 14 heavy (non-hydrogen) atoms. The van der Waals surface area contributed by atoms with Crippen LogP contribution < -0.4 is 0 Å². The SMILES string of the molecule is COC(=O)[C@H]1C[C@H]2C=C[C@]1(O)C(=O)O2. The lowest BCUT2D eigenvalue weighted by atomic mass is 9.76. The van der Waals surface area contributed by atoms with E-state index in [0.29, 0.717) is 0 Å². The van der Waals surface area contributed by atoms with Gasteiger partial charge in [-0.3, -0.25) is 4.79 Å². The molecule has 0 aromatic heterocycles. The largest absolute Gasteiger partial charge is 0.469 e. The fourth-order valence-corrected chi connectivity index (χ4v) is 1.81. The van der Waals surface area contributed by atoms with Gasteiger partial charge in [0.05, 0.1) is 7.11 Å². The van der Waals surface area contributed by atoms with Crippen molar-refractivity contribution < 1.29 is 24.2 Å². The molecule has 2 aliphatic heterocycles. The zero-order chi connectivity index (χ0) is 10.3. The van der Waals surface area contributed by atoms with Crippen molar-refractivity contribution in [3.8, 4) is 0 Å². The summed E-state index contributed by atoms with van der Waals surface area (Å²) in [5.41, 5.74) is -1.83. The first-order valence-corrected chi connectivity index (χ1v) is 4.28. The van der Waals surface area contributed by atoms with Gasteiger partial charge in [-0.15, -0.1) is 0 Å². The fourth-order valence-electron chi connectivity index (χ4n) is 1.81. The second-order valence-corrected chi connectivity index (χ2v) is 3.44. The Morgan fingerprint density at radius 2 is 2.50 bits per heavy atom. The molecule has 0 aromatic carbocycles. The number of hydrogen-bond acceptors (Lipinski definition) is 5. The number of esters is 2. The molecule has 0 unspecified atom stereocenters. The van der Waals surface area contributed by atoms with E-state index in [1.165, 1.54) is 13.2 Å². The van der Waals surface area contributed by atoms with Crippen molar-refractivity contribution in [2.24, 2.45) is 5.92 Å². The van der Waals surface area contributed by atoms with E-state index in [9.17, 15) is 14.7 Å². The van der Waals surface area contributed by atoms with E-state index in [-0.39, 0.29) is 6.42 Å². The number of ether oxygens (including phenoxy) is 2. The van der Waals surface area contributed by atoms with E-state index in [2.05, 4.69) is 4.74 Å². The van der Waals surface area contributed by atoms with Crippen LogP contribution in [0.25, 0.3) is 0 Å². The lowest BCUT2D eigenvalue weighted by Crippen LogP contribution is -2.57. The third kappa shape index (κ3) is 1.05. The minimum Gasteiger partial charge on any atom is -0.469 e. The maximum Gasteiger partial charge on any atom is 0.343 e. The highest BCUT2D eigenvalue weighted by atomic mass is 16.6. The van der Waals surface area contributed by atoms with Crippen LogP contribution in [0.3, 0.4) is 0 Å². The summed E-state index contributed by atoms with van der Waals surface area (Å²) < 4.78 is 9.34. The quantitative estimate of drug-likeness (QED) is 0.449. The summed E-state index contributed by atoms with van der Waals surface area (Å²) in [6.45, 7) is 0. The van der Waals surface area contributed by atoms with Gasteiger partial charge in [-0.2, -0.15) is 0 Å². The molecule has 5 heteroatoms. The third-order valence-corrected chi connectivity index (χ3v) is 2.64. The van der Waals surface area contributed by atoms with Gasteiger partial charge in [-0.05, 0) is 12.2 Å². The summed E-state index contributed by atoms with van der Waals surface area (Å²) in [4.78, 5) is 22.6. The zero-order valence-electron chi connectivity index (χ0n) is 7.60. The van der Waals surface area contributed by atoms with Crippen LogP contribution in [-0.4, -0.2) is 35.9 Å². The molecule has 1 N–H and O–H groups in total. The Morgan fingerprint density at radius 3 is 3.07 bits per heavy atom. The molecule has 2 bridgehead atoms. The fraction of sp³-hybridized carbons (Fsp3) is 0.556. The van der Waals surface area contributed by atoms with Gasteiger partial charge in [-0.25, -0.2) is 4.79 Å². The number of fused-ring (bicyclic) bond motifs is 2. The van der Waals surface area contributed by atoms with Gasteiger partial charge in [0.25, 0.3) is 0 Å². The van der Waals surface area contributed by atoms with E-state index in [4.69, 9.17) is 4.74 Å². The average molecular weight is 198 g/mol. The van der Waals surface area contributed by atoms with Crippen molar-refractivity contribution in [2.75, 3.05) is 7.11 Å². The van der Waals surface area contributed by atoms with Crippen molar-refractivity contribution in [1.29, 1.82) is 0 Å². The highest BCUT2D eigenvalue weighted by Crippen LogP contribution is 2.37. The average Bonchev–Trinajstić information content (AvgIpc) is 2.18. The molecule has 0 radical (unpaired) electrons. The topological polar surface area (TPSA) is 72.8 Å². The van der Waals surface area contributed by atoms with E-state index in [1.54, 1.807) is 6.08 Å². The zero-order valence-corrected chi connectivity index (χ0v) is 7.60. The maximum absolute atomic E-state index is 11.3. The van der Waals surface area contributed by atoms with Crippen LogP contribution in [0.2, 0.25) is 0 Å². The molecule has 76 valence electrons. The predicted octanol–water partition coefficient (Wildman–Crippen LogP) is -0.608. The standard InChI is InChI=1S/C9H10O5/c1-13-7(10)6-4-5-2-3-9(6,12)8(11)14-5/h2-3,5-6,12H,4H2,1H3/t5-,6-,9-/m1/s1. The summed E-state index contributed by atoms with van der Waals surface area (Å²) in [5.74, 6) is -2.20. The van der Waals surface area contributed by atoms with Gasteiger partial charge in [0.1, 0.15) is 12.0 Å². The van der Waals surface area contributed by atoms with Crippen LogP contribution in [0.4, 0.5) is 0 Å². The monoisotopic (exact) mass is 198 g/mol. The Labute approximate surface area is 80.3 Å². The van der Waals surface area contributed by atoms with Crippen molar-refractivity contribution >= 4 is 11.9 Å². The molecule has 3 atom stereocenters. The third-order valence-electron chi connectivity index (χ3n) is 2.64. The van der Waals surface area contributed by atoms with Gasteiger partial charge in [0.15, 0.2) is 5.60 Å². The normalized spacial score (nSPS) is 39.4. The van der Waals surface area contributed by atoms with Gasteiger partial charge < -0.3 is 14.6 Å². The van der Waals surface area contributed by atoms with Crippen molar-refractivity contribution in [1.82, 2.24) is 0 Å². The molecule has 0 saturated carbocycles. The first-order chi connectivity index (χ1) is 6.58. The van der Waals surface area contributed by atoms with Crippen LogP contribution in [0, 0.1) is 5.92 Å². The van der Waals surface area contributed by atoms with Gasteiger partial charge in [0, 0.05) is 6.42 Å². The Balaban J connectivity index is 2.35. The van der Waals surface area contributed by atoms with Crippen molar-refractivity contribution in [3.63, 3.8) is 0 Å². The minimum absolute atomic E-state index is 0.283. The molecule has 2 heterocycles. The molecule has 0 aromatic rings. The Bertz CT molecular complexity index is 321. The summed E-state index contributed by atoms with van der Waals surface area (Å²) in [6.07, 6.45) is 2.77. The van der Waals surface area contributed by atoms with E-state index >= 15 is 0 Å². The van der Waals surface area contributed by atoms with Crippen LogP contribution in [-0.2, 0) is 19.1 Å². The van der Waals surface area contributed by atoms with Crippen molar-refractivity contribution in [2.45, 2.75) is 18.1 Å². The highest BCUT2D eigenvalue weighted by molar-refractivity contribution is 5.91. The highest BCUT2D eigenvalue weighted by Gasteiger charge is 2.55. The number of carbonyl (C=O) groups excluding carboxylic acids is 2. The smallest absolute Gasteiger partial charge is 0.343 e. The second-order valence-electron chi connectivity index (χ2n) is 3.44. The first kappa shape index (κ1) is 9.21. The van der Waals surface area contributed by atoms with Gasteiger partial charge in [0.2, 0.25) is 0 Å². The number of hydrogen-bond donors (Lipinski definition) is 1. The first-order valence-electron chi connectivity index (χ1n) is 4.28. The number of methoxy groups -OCH3 is 1. The Morgan fingerprint density at radius 1 is 1.79 bits per heavy atom. The minimum atomic E-state index is -1.83. The summed E-state index contributed by atoms with van der Waals surface area (Å²) in [6, 6.07) is 0. The van der Waals surface area contributed by atoms with Crippen LogP contribution in [0.15, 0.2) is 12.2 Å². The molecule has 5 nitrogen and oxygen atoms in total. The van der Waals surface area contributed by atoms with E-state index in [1.807, 2.05) is 0 Å². The molecule has 0 amide bonds. The maximum atomic E-state index is 11.3. The van der Waals surface area contributed by atoms with Crippen LogP contribution >= 0.6 is 0 Å². The number of rotatable bonds is 1. The Kier molecular flexibility index (Phi) is 1.85. The molecule has 0 spiro atoms. The van der Waals surface area contributed by atoms with E-state index < -0.39 is 29.6 Å². The van der Waals surface area contributed by atoms with Gasteiger partial charge in [-0.1, -0.05) is 0 Å². The number of carbonyl (C=O) groups is 2. The Hall–Kier alpha value is -1.36. The molecule has 1 saturated heterocycles. The lowest BCUT2D eigenvalue weighted by Gasteiger charge is -2.40. The molecule has 1 aliphatic carbocycles. The summed E-state index contributed by atoms with van der Waals surface area (Å²) in [7, 11) is 1.23. The van der Waals surface area contributed by atoms with Gasteiger partial charge >= 0.3 is 11.9 Å². The molecule has 3 aliphatic rings. The summed E-state index contributed by atoms with van der Waals surface area (Å²) in [5, 5.41) is 9.89. The lowest BCUT2D eigenvalue weighted by molar-refractivity contribution is -0.192. The van der Waals surface area contributed by atoms with Crippen LogP contribution in [0.5, 0.6) is 0 Å². The van der Waals surface area contributed by atoms with E-state index in [0.717, 1.165) is 0 Å². The number of aliphatic hydroxyl groups is 1. The predicted molar refractivity (Wildman–Crippen MR) is 44.1 cm³/mol. The molecular weight excluding hydrogens is 188 g/mol. The molecule has 3 rings (SSSR count). The van der Waals surface area contributed by atoms with Crippen molar-refractivity contribution in [3.05, 3.63) is 12.2 Å².